The minimum Gasteiger partial charge on any atom is -0.490 e. The third-order valence-electron chi connectivity index (χ3n) is 3.17. The van der Waals surface area contributed by atoms with Crippen molar-refractivity contribution in [1.29, 1.82) is 0 Å². The van der Waals surface area contributed by atoms with Gasteiger partial charge in [-0.2, -0.15) is 17.6 Å². The second kappa shape index (κ2) is 5.55. The van der Waals surface area contributed by atoms with Crippen molar-refractivity contribution in [3.05, 3.63) is 29.3 Å². The van der Waals surface area contributed by atoms with Crippen LogP contribution < -0.4 is 4.74 Å². The lowest BCUT2D eigenvalue weighted by molar-refractivity contribution is -0.206. The Kier molecular flexibility index (Phi) is 4.17. The van der Waals surface area contributed by atoms with Gasteiger partial charge < -0.3 is 9.47 Å². The third-order valence-corrected chi connectivity index (χ3v) is 3.17. The molecule has 1 aliphatic heterocycles. The van der Waals surface area contributed by atoms with Crippen LogP contribution in [0.15, 0.2) is 12.1 Å². The lowest BCUT2D eigenvalue weighted by atomic mass is 9.95. The molecular weight excluding hydrogens is 283 g/mol. The zero-order valence-corrected chi connectivity index (χ0v) is 10.6. The molecule has 1 aliphatic rings. The van der Waals surface area contributed by atoms with Crippen molar-refractivity contribution in [2.45, 2.75) is 31.5 Å². The first kappa shape index (κ1) is 15.0. The highest BCUT2D eigenvalue weighted by Crippen LogP contribution is 2.41. The van der Waals surface area contributed by atoms with Crippen molar-refractivity contribution < 1.29 is 31.4 Å². The normalized spacial score (nSPS) is 23.1. The molecule has 112 valence electrons. The fraction of sp³-hybridized carbons (Fsp3) is 0.538. The summed E-state index contributed by atoms with van der Waals surface area (Å²) in [5.74, 6) is -3.27. The average molecular weight is 296 g/mol. The highest BCUT2D eigenvalue weighted by molar-refractivity contribution is 5.39. The Bertz CT molecular complexity index is 486. The van der Waals surface area contributed by atoms with Gasteiger partial charge >= 0.3 is 6.18 Å². The lowest BCUT2D eigenvalue weighted by Crippen LogP contribution is -2.27. The Morgan fingerprint density at radius 1 is 1.30 bits per heavy atom. The van der Waals surface area contributed by atoms with Gasteiger partial charge in [0.1, 0.15) is 0 Å². The van der Waals surface area contributed by atoms with Crippen LogP contribution in [0.1, 0.15) is 24.8 Å². The van der Waals surface area contributed by atoms with Crippen molar-refractivity contribution >= 4 is 0 Å². The number of alkyl halides is 3. The number of hydrogen-bond donors (Lipinski definition) is 0. The van der Waals surface area contributed by atoms with Crippen molar-refractivity contribution in [3.63, 3.8) is 0 Å². The van der Waals surface area contributed by atoms with Crippen LogP contribution in [0.4, 0.5) is 22.0 Å². The van der Waals surface area contributed by atoms with E-state index >= 15 is 0 Å². The summed E-state index contributed by atoms with van der Waals surface area (Å²) in [6.45, 7) is 1.47. The summed E-state index contributed by atoms with van der Waals surface area (Å²) in [6.07, 6.45) is -6.66. The van der Waals surface area contributed by atoms with E-state index in [2.05, 4.69) is 0 Å². The Labute approximate surface area is 112 Å². The molecule has 0 aliphatic carbocycles. The van der Waals surface area contributed by atoms with E-state index in [0.29, 0.717) is 0 Å². The van der Waals surface area contributed by atoms with Crippen LogP contribution >= 0.6 is 0 Å². The third kappa shape index (κ3) is 2.87. The monoisotopic (exact) mass is 296 g/mol. The molecule has 0 aromatic heterocycles. The molecule has 0 bridgehead atoms. The van der Waals surface area contributed by atoms with Crippen molar-refractivity contribution in [2.75, 3.05) is 13.2 Å². The van der Waals surface area contributed by atoms with Gasteiger partial charge in [-0.1, -0.05) is 6.07 Å². The van der Waals surface area contributed by atoms with Gasteiger partial charge in [0.2, 0.25) is 5.82 Å². The van der Waals surface area contributed by atoms with Crippen LogP contribution in [0, 0.1) is 11.6 Å². The molecule has 1 fully saturated rings. The fourth-order valence-corrected chi connectivity index (χ4v) is 2.23. The first-order valence-corrected chi connectivity index (χ1v) is 6.13. The summed E-state index contributed by atoms with van der Waals surface area (Å²) in [5.41, 5.74) is 0.206. The molecule has 1 aromatic rings. The van der Waals surface area contributed by atoms with Crippen molar-refractivity contribution in [3.8, 4) is 5.75 Å². The number of halogens is 5. The molecule has 0 spiro atoms. The summed E-state index contributed by atoms with van der Waals surface area (Å²) in [5, 5.41) is 0. The summed E-state index contributed by atoms with van der Waals surface area (Å²) in [7, 11) is 0. The van der Waals surface area contributed by atoms with Gasteiger partial charge in [-0.15, -0.1) is 0 Å². The predicted octanol–water partition coefficient (Wildman–Crippen LogP) is 3.80. The number of hydrogen-bond acceptors (Lipinski definition) is 2. The van der Waals surface area contributed by atoms with Gasteiger partial charge in [-0.25, -0.2) is 4.39 Å². The van der Waals surface area contributed by atoms with E-state index in [1.54, 1.807) is 6.92 Å². The van der Waals surface area contributed by atoms with Gasteiger partial charge in [0, 0.05) is 11.5 Å². The van der Waals surface area contributed by atoms with Crippen LogP contribution in [0.5, 0.6) is 5.75 Å². The second-order valence-electron chi connectivity index (χ2n) is 4.51. The van der Waals surface area contributed by atoms with Crippen LogP contribution in [0.25, 0.3) is 0 Å². The maximum atomic E-state index is 13.7. The molecule has 2 unspecified atom stereocenters. The topological polar surface area (TPSA) is 18.5 Å². The quantitative estimate of drug-likeness (QED) is 0.790. The molecule has 20 heavy (non-hydrogen) atoms. The first-order valence-electron chi connectivity index (χ1n) is 6.13. The van der Waals surface area contributed by atoms with E-state index in [1.807, 2.05) is 0 Å². The molecule has 2 rings (SSSR count). The Morgan fingerprint density at radius 2 is 2.00 bits per heavy atom. The average Bonchev–Trinajstić information content (AvgIpc) is 2.85. The molecule has 1 aromatic carbocycles. The molecule has 0 amide bonds. The van der Waals surface area contributed by atoms with Gasteiger partial charge in [0.25, 0.3) is 0 Å². The van der Waals surface area contributed by atoms with Crippen molar-refractivity contribution in [2.24, 2.45) is 0 Å². The van der Waals surface area contributed by atoms with E-state index in [4.69, 9.17) is 9.47 Å². The molecular formula is C13H13F5O2. The number of ether oxygens (including phenoxy) is 2. The smallest absolute Gasteiger partial charge is 0.414 e. The first-order chi connectivity index (χ1) is 9.34. The Balaban J connectivity index is 2.28. The van der Waals surface area contributed by atoms with Crippen LogP contribution in [-0.2, 0) is 4.74 Å². The van der Waals surface area contributed by atoms with Crippen LogP contribution in [0.2, 0.25) is 0 Å². The van der Waals surface area contributed by atoms with E-state index in [9.17, 15) is 22.0 Å². The predicted molar refractivity (Wildman–Crippen MR) is 60.7 cm³/mol. The standard InChI is InChI=1S/C13H13F5O2/c1-2-19-12-8(3-4-9(14)11(12)15)7-5-10(20-6-7)13(16,17)18/h3-4,7,10H,2,5-6H2,1H3. The Morgan fingerprint density at radius 3 is 2.55 bits per heavy atom. The molecule has 0 N–H and O–H groups in total. The zero-order chi connectivity index (χ0) is 14.9. The highest BCUT2D eigenvalue weighted by Gasteiger charge is 2.46. The number of benzene rings is 1. The van der Waals surface area contributed by atoms with Gasteiger partial charge in [0.05, 0.1) is 13.2 Å². The molecule has 0 saturated carbocycles. The molecule has 1 saturated heterocycles. The summed E-state index contributed by atoms with van der Waals surface area (Å²) in [6, 6.07) is 2.13. The zero-order valence-electron chi connectivity index (χ0n) is 10.6. The molecule has 1 heterocycles. The van der Waals surface area contributed by atoms with Gasteiger partial charge in [-0.05, 0) is 19.4 Å². The summed E-state index contributed by atoms with van der Waals surface area (Å²) < 4.78 is 74.2. The molecule has 0 radical (unpaired) electrons. The Hall–Kier alpha value is -1.37. The van der Waals surface area contributed by atoms with E-state index in [-0.39, 0.29) is 30.9 Å². The fourth-order valence-electron chi connectivity index (χ4n) is 2.23. The lowest BCUT2D eigenvalue weighted by Gasteiger charge is -2.16. The second-order valence-corrected chi connectivity index (χ2v) is 4.51. The summed E-state index contributed by atoms with van der Waals surface area (Å²) in [4.78, 5) is 0. The molecule has 2 atom stereocenters. The van der Waals surface area contributed by atoms with Gasteiger partial charge in [-0.3, -0.25) is 0 Å². The van der Waals surface area contributed by atoms with E-state index in [1.165, 1.54) is 6.07 Å². The summed E-state index contributed by atoms with van der Waals surface area (Å²) >= 11 is 0. The van der Waals surface area contributed by atoms with Gasteiger partial charge in [0.15, 0.2) is 17.7 Å². The van der Waals surface area contributed by atoms with Crippen LogP contribution in [0.3, 0.4) is 0 Å². The largest absolute Gasteiger partial charge is 0.490 e. The minimum absolute atomic E-state index is 0.0870. The maximum absolute atomic E-state index is 13.7. The van der Waals surface area contributed by atoms with E-state index in [0.717, 1.165) is 6.07 Å². The highest BCUT2D eigenvalue weighted by atomic mass is 19.4. The molecule has 7 heteroatoms. The maximum Gasteiger partial charge on any atom is 0.414 e. The minimum atomic E-state index is -4.46. The van der Waals surface area contributed by atoms with Crippen molar-refractivity contribution in [1.82, 2.24) is 0 Å². The SMILES string of the molecule is CCOc1c(C2COC(C(F)(F)F)C2)ccc(F)c1F. The van der Waals surface area contributed by atoms with E-state index < -0.39 is 29.8 Å². The molecule has 2 nitrogen and oxygen atoms in total. The van der Waals surface area contributed by atoms with Crippen LogP contribution in [-0.4, -0.2) is 25.5 Å². The number of rotatable bonds is 3.